The standard InChI is InChI=1S/C21H23FN4OS/c1-25(2)19(16-7-4-3-5-8-16)14-24-20(27)15-28-21-23-11-12-26(21)18-10-6-9-17(22)13-18/h3-13,19H,14-15H2,1-2H3,(H,24,27)/p+1/t19-/m1/s1. The van der Waals surface area contributed by atoms with E-state index in [4.69, 9.17) is 0 Å². The van der Waals surface area contributed by atoms with Gasteiger partial charge in [-0.15, -0.1) is 0 Å². The molecule has 0 aliphatic rings. The lowest BCUT2D eigenvalue weighted by Gasteiger charge is -2.22. The molecule has 7 heteroatoms. The zero-order valence-electron chi connectivity index (χ0n) is 15.9. The number of halogens is 1. The van der Waals surface area contributed by atoms with E-state index in [2.05, 4.69) is 36.5 Å². The summed E-state index contributed by atoms with van der Waals surface area (Å²) in [4.78, 5) is 17.9. The van der Waals surface area contributed by atoms with Crippen LogP contribution in [0.25, 0.3) is 5.69 Å². The highest BCUT2D eigenvalue weighted by atomic mass is 32.2. The molecular formula is C21H24FN4OS+. The Labute approximate surface area is 168 Å². The summed E-state index contributed by atoms with van der Waals surface area (Å²) in [7, 11) is 4.16. The summed E-state index contributed by atoms with van der Waals surface area (Å²) < 4.78 is 15.3. The predicted molar refractivity (Wildman–Crippen MR) is 109 cm³/mol. The maximum absolute atomic E-state index is 13.5. The molecule has 5 nitrogen and oxygen atoms in total. The number of likely N-dealkylation sites (N-methyl/N-ethyl adjacent to an activating group) is 1. The Kier molecular flexibility index (Phi) is 6.84. The van der Waals surface area contributed by atoms with E-state index in [0.29, 0.717) is 17.4 Å². The van der Waals surface area contributed by atoms with E-state index in [1.165, 1.54) is 34.4 Å². The molecule has 0 saturated carbocycles. The monoisotopic (exact) mass is 399 g/mol. The lowest BCUT2D eigenvalue weighted by atomic mass is 10.1. The number of nitrogens with zero attached hydrogens (tertiary/aromatic N) is 2. The number of nitrogens with one attached hydrogen (secondary N) is 2. The molecule has 1 atom stereocenters. The van der Waals surface area contributed by atoms with Crippen molar-refractivity contribution in [3.05, 3.63) is 78.4 Å². The van der Waals surface area contributed by atoms with Gasteiger partial charge in [0.15, 0.2) is 5.16 Å². The average Bonchev–Trinajstić information content (AvgIpc) is 3.16. The van der Waals surface area contributed by atoms with Crippen LogP contribution in [0.3, 0.4) is 0 Å². The molecule has 2 N–H and O–H groups in total. The topological polar surface area (TPSA) is 51.4 Å². The van der Waals surface area contributed by atoms with Gasteiger partial charge in [0, 0.05) is 18.0 Å². The Morgan fingerprint density at radius 3 is 2.71 bits per heavy atom. The molecule has 0 saturated heterocycles. The van der Waals surface area contributed by atoms with Crippen LogP contribution in [-0.4, -0.2) is 41.9 Å². The molecule has 0 aliphatic carbocycles. The Balaban J connectivity index is 1.57. The minimum Gasteiger partial charge on any atom is -0.349 e. The number of thioether (sulfide) groups is 1. The van der Waals surface area contributed by atoms with E-state index in [9.17, 15) is 9.18 Å². The van der Waals surface area contributed by atoms with Gasteiger partial charge in [0.05, 0.1) is 32.1 Å². The summed E-state index contributed by atoms with van der Waals surface area (Å²) in [6.45, 7) is 0.560. The SMILES string of the molecule is C[NH+](C)[C@H](CNC(=O)CSc1nccn1-c1cccc(F)c1)c1ccccc1. The van der Waals surface area contributed by atoms with E-state index in [-0.39, 0.29) is 23.5 Å². The lowest BCUT2D eigenvalue weighted by Crippen LogP contribution is -3.07. The van der Waals surface area contributed by atoms with E-state index >= 15 is 0 Å². The second-order valence-electron chi connectivity index (χ2n) is 6.69. The number of benzene rings is 2. The summed E-state index contributed by atoms with van der Waals surface area (Å²) in [6.07, 6.45) is 3.40. The molecule has 0 radical (unpaired) electrons. The zero-order chi connectivity index (χ0) is 19.9. The number of quaternary nitrogens is 1. The van der Waals surface area contributed by atoms with Gasteiger partial charge in [0.1, 0.15) is 11.9 Å². The van der Waals surface area contributed by atoms with E-state index < -0.39 is 0 Å². The average molecular weight is 400 g/mol. The maximum atomic E-state index is 13.5. The van der Waals surface area contributed by atoms with Crippen LogP contribution >= 0.6 is 11.8 Å². The van der Waals surface area contributed by atoms with Crippen molar-refractivity contribution in [1.29, 1.82) is 0 Å². The van der Waals surface area contributed by atoms with Crippen LogP contribution in [0.2, 0.25) is 0 Å². The molecule has 1 heterocycles. The largest absolute Gasteiger partial charge is 0.349 e. The molecule has 0 unspecified atom stereocenters. The number of aromatic nitrogens is 2. The number of imidazole rings is 1. The van der Waals surface area contributed by atoms with Gasteiger partial charge in [0.2, 0.25) is 5.91 Å². The third kappa shape index (κ3) is 5.21. The molecular weight excluding hydrogens is 375 g/mol. The summed E-state index contributed by atoms with van der Waals surface area (Å²) in [5.74, 6) is -0.115. The molecule has 1 amide bonds. The fourth-order valence-electron chi connectivity index (χ4n) is 2.96. The first-order valence-electron chi connectivity index (χ1n) is 9.08. The lowest BCUT2D eigenvalue weighted by molar-refractivity contribution is -0.890. The van der Waals surface area contributed by atoms with Crippen molar-refractivity contribution in [2.45, 2.75) is 11.2 Å². The summed E-state index contributed by atoms with van der Waals surface area (Å²) >= 11 is 1.33. The Morgan fingerprint density at radius 1 is 1.21 bits per heavy atom. The Morgan fingerprint density at radius 2 is 2.00 bits per heavy atom. The normalized spacial score (nSPS) is 12.1. The van der Waals surface area contributed by atoms with Crippen molar-refractivity contribution in [3.8, 4) is 5.69 Å². The molecule has 3 rings (SSSR count). The van der Waals surface area contributed by atoms with Gasteiger partial charge in [-0.3, -0.25) is 9.36 Å². The van der Waals surface area contributed by atoms with Crippen molar-refractivity contribution in [2.75, 3.05) is 26.4 Å². The highest BCUT2D eigenvalue weighted by Crippen LogP contribution is 2.20. The minimum absolute atomic E-state index is 0.0547. The number of amides is 1. The van der Waals surface area contributed by atoms with Gasteiger partial charge in [0.25, 0.3) is 0 Å². The van der Waals surface area contributed by atoms with Gasteiger partial charge < -0.3 is 10.2 Å². The predicted octanol–water partition coefficient (Wildman–Crippen LogP) is 2.11. The first-order valence-corrected chi connectivity index (χ1v) is 10.1. The van der Waals surface area contributed by atoms with Gasteiger partial charge in [-0.25, -0.2) is 9.37 Å². The fourth-order valence-corrected chi connectivity index (χ4v) is 3.76. The van der Waals surface area contributed by atoms with Crippen LogP contribution in [0.15, 0.2) is 72.1 Å². The molecule has 1 aromatic heterocycles. The van der Waals surface area contributed by atoms with E-state index in [0.717, 1.165) is 0 Å². The fraction of sp³-hybridized carbons (Fsp3) is 0.238. The number of hydrogen-bond donors (Lipinski definition) is 2. The molecule has 0 aliphatic heterocycles. The molecule has 0 fully saturated rings. The number of rotatable bonds is 8. The zero-order valence-corrected chi connectivity index (χ0v) is 16.7. The highest BCUT2D eigenvalue weighted by Gasteiger charge is 2.18. The molecule has 28 heavy (non-hydrogen) atoms. The highest BCUT2D eigenvalue weighted by molar-refractivity contribution is 7.99. The summed E-state index contributed by atoms with van der Waals surface area (Å²) in [5.41, 5.74) is 1.87. The first-order chi connectivity index (χ1) is 13.5. The summed E-state index contributed by atoms with van der Waals surface area (Å²) in [5, 5.41) is 3.67. The number of carbonyl (C=O) groups excluding carboxylic acids is 1. The smallest absolute Gasteiger partial charge is 0.230 e. The van der Waals surface area contributed by atoms with Gasteiger partial charge in [-0.1, -0.05) is 48.2 Å². The van der Waals surface area contributed by atoms with Crippen molar-refractivity contribution >= 4 is 17.7 Å². The van der Waals surface area contributed by atoms with Crippen LogP contribution in [0, 0.1) is 5.82 Å². The second kappa shape index (κ2) is 9.52. The van der Waals surface area contributed by atoms with Crippen LogP contribution in [0.5, 0.6) is 0 Å². The Hall–Kier alpha value is -2.64. The molecule has 0 bridgehead atoms. The maximum Gasteiger partial charge on any atom is 0.230 e. The first kappa shape index (κ1) is 20.1. The summed E-state index contributed by atoms with van der Waals surface area (Å²) in [6, 6.07) is 16.6. The van der Waals surface area contributed by atoms with Crippen LogP contribution in [0.1, 0.15) is 11.6 Å². The van der Waals surface area contributed by atoms with E-state index in [1.807, 2.05) is 18.2 Å². The number of hydrogen-bond acceptors (Lipinski definition) is 3. The molecule has 146 valence electrons. The van der Waals surface area contributed by atoms with Gasteiger partial charge in [-0.2, -0.15) is 0 Å². The molecule has 3 aromatic rings. The van der Waals surface area contributed by atoms with E-state index in [1.54, 1.807) is 29.1 Å². The van der Waals surface area contributed by atoms with Crippen molar-refractivity contribution < 1.29 is 14.1 Å². The third-order valence-electron chi connectivity index (χ3n) is 4.43. The molecule has 2 aromatic carbocycles. The van der Waals surface area contributed by atoms with Crippen molar-refractivity contribution in [3.63, 3.8) is 0 Å². The second-order valence-corrected chi connectivity index (χ2v) is 7.64. The van der Waals surface area contributed by atoms with Crippen LogP contribution in [0.4, 0.5) is 4.39 Å². The van der Waals surface area contributed by atoms with Crippen LogP contribution < -0.4 is 10.2 Å². The Bertz CT molecular complexity index is 914. The molecule has 0 spiro atoms. The van der Waals surface area contributed by atoms with Gasteiger partial charge in [-0.05, 0) is 18.2 Å². The van der Waals surface area contributed by atoms with Crippen molar-refractivity contribution in [2.24, 2.45) is 0 Å². The van der Waals surface area contributed by atoms with Crippen molar-refractivity contribution in [1.82, 2.24) is 14.9 Å². The number of carbonyl (C=O) groups is 1. The quantitative estimate of drug-likeness (QED) is 0.571. The van der Waals surface area contributed by atoms with Gasteiger partial charge >= 0.3 is 0 Å². The van der Waals surface area contributed by atoms with Crippen LogP contribution in [-0.2, 0) is 4.79 Å². The minimum atomic E-state index is -0.307. The third-order valence-corrected chi connectivity index (χ3v) is 5.39.